The van der Waals surface area contributed by atoms with Crippen molar-refractivity contribution >= 4 is 22.6 Å². The van der Waals surface area contributed by atoms with Crippen molar-refractivity contribution < 1.29 is 18.7 Å². The maximum atomic E-state index is 14.5. The Hall–Kier alpha value is -4.79. The molecule has 2 aromatic carbocycles. The molecule has 8 nitrogen and oxygen atoms in total. The maximum absolute atomic E-state index is 14.5. The molecular formula is C26H19FN4O4. The first-order chi connectivity index (χ1) is 16.9. The minimum atomic E-state index is -1.09. The first kappa shape index (κ1) is 22.0. The highest BCUT2D eigenvalue weighted by Gasteiger charge is 2.19. The zero-order chi connectivity index (χ0) is 24.5. The average Bonchev–Trinajstić information content (AvgIpc) is 3.35. The average molecular weight is 470 g/mol. The van der Waals surface area contributed by atoms with Crippen LogP contribution in [-0.2, 0) is 0 Å². The summed E-state index contributed by atoms with van der Waals surface area (Å²) < 4.78 is 22.2. The molecular weight excluding hydrogens is 451 g/mol. The highest BCUT2D eigenvalue weighted by molar-refractivity contribution is 5.94. The summed E-state index contributed by atoms with van der Waals surface area (Å²) in [6.07, 6.45) is 6.57. The monoisotopic (exact) mass is 470 g/mol. The molecule has 0 spiro atoms. The Bertz CT molecular complexity index is 1610. The zero-order valence-corrected chi connectivity index (χ0v) is 18.5. The van der Waals surface area contributed by atoms with Gasteiger partial charge in [-0.3, -0.25) is 9.78 Å². The van der Waals surface area contributed by atoms with Gasteiger partial charge in [0.2, 0.25) is 0 Å². The number of nitrogens with one attached hydrogen (secondary N) is 1. The molecule has 0 radical (unpaired) electrons. The molecule has 5 aromatic rings. The van der Waals surface area contributed by atoms with Crippen molar-refractivity contribution in [3.63, 3.8) is 0 Å². The number of carboxylic acid groups (broad SMARTS) is 1. The van der Waals surface area contributed by atoms with Gasteiger partial charge in [0.25, 0.3) is 0 Å². The van der Waals surface area contributed by atoms with Crippen LogP contribution in [0.15, 0.2) is 88.6 Å². The van der Waals surface area contributed by atoms with Crippen molar-refractivity contribution in [1.29, 1.82) is 0 Å². The fraction of sp³-hybridized carbons (Fsp3) is 0.0769. The normalized spacial score (nSPS) is 11.9. The minimum absolute atomic E-state index is 0.0741. The molecule has 0 saturated heterocycles. The Kier molecular flexibility index (Phi) is 5.58. The van der Waals surface area contributed by atoms with Crippen LogP contribution in [0.25, 0.3) is 28.0 Å². The van der Waals surface area contributed by atoms with Gasteiger partial charge in [0.15, 0.2) is 5.43 Å². The van der Waals surface area contributed by atoms with Gasteiger partial charge in [0.1, 0.15) is 17.2 Å². The third kappa shape index (κ3) is 4.26. The molecule has 9 heteroatoms. The number of nitrogens with zero attached hydrogens (tertiary/aromatic N) is 3. The second-order valence-corrected chi connectivity index (χ2v) is 7.95. The summed E-state index contributed by atoms with van der Waals surface area (Å²) in [5, 5.41) is 17.0. The van der Waals surface area contributed by atoms with E-state index in [2.05, 4.69) is 15.4 Å². The van der Waals surface area contributed by atoms with Crippen LogP contribution in [0.1, 0.15) is 28.9 Å². The number of rotatable bonds is 6. The number of aromatic carboxylic acids is 1. The molecule has 35 heavy (non-hydrogen) atoms. The highest BCUT2D eigenvalue weighted by atomic mass is 19.1. The fourth-order valence-electron chi connectivity index (χ4n) is 3.90. The fourth-order valence-corrected chi connectivity index (χ4v) is 3.90. The number of carbonyl (C=O) groups is 1. The van der Waals surface area contributed by atoms with E-state index in [9.17, 15) is 19.1 Å². The highest BCUT2D eigenvalue weighted by Crippen LogP contribution is 2.31. The standard InChI is InChI=1S/C26H19FN4O4/c1-15(30-22-7-3-2-6-19(22)26(33)34)20-9-17(27)10-21-23(32)11-24(35-25(20)21)16-12-29-31(14-16)18-5-4-8-28-13-18/h2-15,30H,1H3,(H,33,34). The Morgan fingerprint density at radius 3 is 2.74 bits per heavy atom. The lowest BCUT2D eigenvalue weighted by Gasteiger charge is -2.18. The number of hydrogen-bond acceptors (Lipinski definition) is 6. The van der Waals surface area contributed by atoms with E-state index in [1.165, 1.54) is 18.2 Å². The predicted molar refractivity (Wildman–Crippen MR) is 128 cm³/mol. The van der Waals surface area contributed by atoms with Crippen LogP contribution < -0.4 is 10.7 Å². The lowest BCUT2D eigenvalue weighted by atomic mass is 10.0. The third-order valence-corrected chi connectivity index (χ3v) is 5.60. The van der Waals surface area contributed by atoms with Crippen LogP contribution in [0.5, 0.6) is 0 Å². The Labute approximate surface area is 198 Å². The van der Waals surface area contributed by atoms with Gasteiger partial charge < -0.3 is 14.8 Å². The number of halogens is 1. The minimum Gasteiger partial charge on any atom is -0.478 e. The van der Waals surface area contributed by atoms with E-state index >= 15 is 0 Å². The third-order valence-electron chi connectivity index (χ3n) is 5.60. The van der Waals surface area contributed by atoms with E-state index in [0.29, 0.717) is 16.8 Å². The van der Waals surface area contributed by atoms with E-state index < -0.39 is 23.3 Å². The zero-order valence-electron chi connectivity index (χ0n) is 18.5. The maximum Gasteiger partial charge on any atom is 0.337 e. The van der Waals surface area contributed by atoms with Gasteiger partial charge in [-0.1, -0.05) is 12.1 Å². The number of pyridine rings is 1. The van der Waals surface area contributed by atoms with Gasteiger partial charge in [-0.25, -0.2) is 13.9 Å². The first-order valence-electron chi connectivity index (χ1n) is 10.7. The number of carboxylic acids is 1. The largest absolute Gasteiger partial charge is 0.478 e. The summed E-state index contributed by atoms with van der Waals surface area (Å²) in [6.45, 7) is 1.74. The number of fused-ring (bicyclic) bond motifs is 1. The van der Waals surface area contributed by atoms with Crippen molar-refractivity contribution in [2.75, 3.05) is 5.32 Å². The van der Waals surface area contributed by atoms with Gasteiger partial charge in [0, 0.05) is 29.7 Å². The van der Waals surface area contributed by atoms with E-state index in [-0.39, 0.29) is 22.3 Å². The van der Waals surface area contributed by atoms with Crippen LogP contribution in [0.2, 0.25) is 0 Å². The number of para-hydroxylation sites is 1. The van der Waals surface area contributed by atoms with Crippen molar-refractivity contribution in [2.45, 2.75) is 13.0 Å². The molecule has 174 valence electrons. The summed E-state index contributed by atoms with van der Waals surface area (Å²) in [7, 11) is 0. The van der Waals surface area contributed by atoms with Crippen molar-refractivity contribution in [2.24, 2.45) is 0 Å². The van der Waals surface area contributed by atoms with Gasteiger partial charge in [-0.15, -0.1) is 0 Å². The topological polar surface area (TPSA) is 110 Å². The summed E-state index contributed by atoms with van der Waals surface area (Å²) >= 11 is 0. The van der Waals surface area contributed by atoms with E-state index in [0.717, 1.165) is 11.8 Å². The van der Waals surface area contributed by atoms with E-state index in [1.807, 2.05) is 6.07 Å². The Morgan fingerprint density at radius 2 is 1.97 bits per heavy atom. The van der Waals surface area contributed by atoms with Crippen LogP contribution in [0.4, 0.5) is 10.1 Å². The molecule has 2 N–H and O–H groups in total. The van der Waals surface area contributed by atoms with Gasteiger partial charge >= 0.3 is 5.97 Å². The predicted octanol–water partition coefficient (Wildman–Crippen LogP) is 5.05. The van der Waals surface area contributed by atoms with Crippen LogP contribution in [0.3, 0.4) is 0 Å². The molecule has 0 saturated carbocycles. The van der Waals surface area contributed by atoms with Crippen LogP contribution in [0, 0.1) is 5.82 Å². The Morgan fingerprint density at radius 1 is 1.14 bits per heavy atom. The van der Waals surface area contributed by atoms with Crippen LogP contribution >= 0.6 is 0 Å². The lowest BCUT2D eigenvalue weighted by molar-refractivity contribution is 0.0698. The second kappa shape index (κ2) is 8.86. The van der Waals surface area contributed by atoms with Gasteiger partial charge in [0.05, 0.1) is 40.6 Å². The van der Waals surface area contributed by atoms with Crippen LogP contribution in [-0.4, -0.2) is 25.8 Å². The second-order valence-electron chi connectivity index (χ2n) is 7.95. The molecule has 0 fully saturated rings. The molecule has 0 amide bonds. The lowest BCUT2D eigenvalue weighted by Crippen LogP contribution is -2.12. The molecule has 0 aliphatic heterocycles. The first-order valence-corrected chi connectivity index (χ1v) is 10.7. The molecule has 0 aliphatic carbocycles. The summed E-state index contributed by atoms with van der Waals surface area (Å²) in [6, 6.07) is 13.2. The SMILES string of the molecule is CC(Nc1ccccc1C(=O)O)c1cc(F)cc2c(=O)cc(-c3cnn(-c4cccnc4)c3)oc12. The number of aromatic nitrogens is 3. The molecule has 3 heterocycles. The van der Waals surface area contributed by atoms with Gasteiger partial charge in [-0.05, 0) is 43.3 Å². The quantitative estimate of drug-likeness (QED) is 0.357. The van der Waals surface area contributed by atoms with E-state index in [4.69, 9.17) is 4.42 Å². The molecule has 0 aliphatic rings. The van der Waals surface area contributed by atoms with Gasteiger partial charge in [-0.2, -0.15) is 5.10 Å². The summed E-state index contributed by atoms with van der Waals surface area (Å²) in [4.78, 5) is 28.6. The Balaban J connectivity index is 1.59. The molecule has 5 rings (SSSR count). The summed E-state index contributed by atoms with van der Waals surface area (Å²) in [5.74, 6) is -1.43. The van der Waals surface area contributed by atoms with Crippen molar-refractivity contribution in [3.8, 4) is 17.0 Å². The summed E-state index contributed by atoms with van der Waals surface area (Å²) in [5.41, 5.74) is 1.90. The number of benzene rings is 2. The molecule has 3 aromatic heterocycles. The van der Waals surface area contributed by atoms with Crippen molar-refractivity contribution in [3.05, 3.63) is 107 Å². The van der Waals surface area contributed by atoms with Crippen molar-refractivity contribution in [1.82, 2.24) is 14.8 Å². The smallest absolute Gasteiger partial charge is 0.337 e. The molecule has 1 unspecified atom stereocenters. The number of hydrogen-bond donors (Lipinski definition) is 2. The number of anilines is 1. The molecule has 0 bridgehead atoms. The molecule has 1 atom stereocenters. The van der Waals surface area contributed by atoms with E-state index in [1.54, 1.807) is 60.7 Å².